The molecule has 1 aromatic heterocycles. The minimum atomic E-state index is -1.44. The monoisotopic (exact) mass is 823 g/mol. The molecule has 6 N–H and O–H groups in total. The summed E-state index contributed by atoms with van der Waals surface area (Å²) >= 11 is 0. The molecule has 6 rings (SSSR count). The summed E-state index contributed by atoms with van der Waals surface area (Å²) in [5, 5.41) is 14.0. The molecule has 4 aliphatic rings. The predicted octanol–water partition coefficient (Wildman–Crippen LogP) is 8.44. The number of para-hydroxylation sites is 1. The van der Waals surface area contributed by atoms with Gasteiger partial charge in [-0.05, 0) is 89.8 Å². The average Bonchev–Trinajstić information content (AvgIpc) is 4.12. The first kappa shape index (κ1) is 49.0. The van der Waals surface area contributed by atoms with E-state index in [1.54, 1.807) is 11.4 Å². The molecule has 59 heavy (non-hydrogen) atoms. The summed E-state index contributed by atoms with van der Waals surface area (Å²) < 4.78 is 6.49. The van der Waals surface area contributed by atoms with Crippen LogP contribution in [0.1, 0.15) is 148 Å². The van der Waals surface area contributed by atoms with Crippen molar-refractivity contribution in [2.75, 3.05) is 26.7 Å². The summed E-state index contributed by atoms with van der Waals surface area (Å²) in [4.78, 5) is 62.7. The molecule has 1 unspecified atom stereocenters. The maximum atomic E-state index is 12.8. The lowest BCUT2D eigenvalue weighted by atomic mass is 10.0. The molecule has 4 fully saturated rings. The lowest BCUT2D eigenvalue weighted by Gasteiger charge is -2.30. The number of likely N-dealkylation sites (tertiary alicyclic amines) is 2. The zero-order chi connectivity index (χ0) is 43.2. The fourth-order valence-corrected chi connectivity index (χ4v) is 7.29. The number of allylic oxidation sites excluding steroid dienone is 1. The Morgan fingerprint density at radius 2 is 1.63 bits per heavy atom. The van der Waals surface area contributed by atoms with Gasteiger partial charge in [0.1, 0.15) is 17.9 Å². The first-order valence-electron chi connectivity index (χ1n) is 22.3. The van der Waals surface area contributed by atoms with Crippen LogP contribution in [-0.4, -0.2) is 88.2 Å². The van der Waals surface area contributed by atoms with Crippen molar-refractivity contribution in [1.82, 2.24) is 25.4 Å². The Labute approximate surface area is 352 Å². The number of aromatic amines is 1. The number of hydrogen-bond donors (Lipinski definition) is 5. The van der Waals surface area contributed by atoms with E-state index in [4.69, 9.17) is 15.6 Å². The number of aromatic nitrogens is 1. The van der Waals surface area contributed by atoms with Crippen LogP contribution in [0.5, 0.6) is 5.75 Å². The molecule has 1 atom stereocenters. The second kappa shape index (κ2) is 26.0. The number of benzene rings is 1. The molecule has 2 aliphatic heterocycles. The number of H-pyrrole nitrogens is 1. The number of nitrogens with one attached hydrogen (secondary N) is 3. The van der Waals surface area contributed by atoms with Gasteiger partial charge in [-0.25, -0.2) is 14.9 Å². The number of carbonyl (C=O) groups is 4. The minimum absolute atomic E-state index is 0.0267. The van der Waals surface area contributed by atoms with Crippen LogP contribution < -0.4 is 26.7 Å². The molecule has 2 aromatic rings. The molecule has 2 saturated heterocycles. The molecule has 5 amide bonds. The molecule has 13 heteroatoms. The Morgan fingerprint density at radius 1 is 0.966 bits per heavy atom. The number of nitrogens with zero attached hydrogens (tertiary/aromatic N) is 2. The Bertz CT molecular complexity index is 1680. The van der Waals surface area contributed by atoms with Crippen molar-refractivity contribution in [3.05, 3.63) is 52.8 Å². The lowest BCUT2D eigenvalue weighted by Crippen LogP contribution is -2.49. The van der Waals surface area contributed by atoms with Crippen molar-refractivity contribution in [3.8, 4) is 5.75 Å². The number of fused-ring (bicyclic) bond motifs is 1. The third-order valence-corrected chi connectivity index (χ3v) is 11.4. The SMILES string of the molecule is C=CCCC(=O)NC1(C)CC1.CCCCCCC.CN1CCC(Oc2c(CCCCCC3CC3)c(=O)[nH]c3ccccc23)CC1.NC(=O)C1CCCN1C(=O)NC(=O)O. The number of primary amides is 1. The number of carbonyl (C=O) groups excluding carboxylic acids is 3. The van der Waals surface area contributed by atoms with E-state index in [1.165, 1.54) is 64.2 Å². The summed E-state index contributed by atoms with van der Waals surface area (Å²) in [5.74, 6) is 1.39. The Morgan fingerprint density at radius 3 is 2.22 bits per heavy atom. The van der Waals surface area contributed by atoms with Crippen molar-refractivity contribution in [2.24, 2.45) is 11.7 Å². The van der Waals surface area contributed by atoms with E-state index in [0.29, 0.717) is 25.8 Å². The lowest BCUT2D eigenvalue weighted by molar-refractivity contribution is -0.122. The highest BCUT2D eigenvalue weighted by Crippen LogP contribution is 2.35. The van der Waals surface area contributed by atoms with Gasteiger partial charge >= 0.3 is 12.1 Å². The first-order chi connectivity index (χ1) is 28.3. The highest BCUT2D eigenvalue weighted by Gasteiger charge is 2.38. The number of nitrogens with two attached hydrogens (primary N) is 1. The van der Waals surface area contributed by atoms with Crippen molar-refractivity contribution < 1.29 is 29.0 Å². The van der Waals surface area contributed by atoms with Crippen LogP contribution in [0.25, 0.3) is 10.9 Å². The molecule has 13 nitrogen and oxygen atoms in total. The number of unbranched alkanes of at least 4 members (excludes halogenated alkanes) is 6. The van der Waals surface area contributed by atoms with Gasteiger partial charge in [0.2, 0.25) is 11.8 Å². The third-order valence-electron chi connectivity index (χ3n) is 11.4. The van der Waals surface area contributed by atoms with E-state index in [9.17, 15) is 24.0 Å². The van der Waals surface area contributed by atoms with Gasteiger partial charge in [-0.1, -0.05) is 96.3 Å². The Hall–Kier alpha value is -4.39. The molecular weight excluding hydrogens is 749 g/mol. The van der Waals surface area contributed by atoms with Crippen LogP contribution in [0.2, 0.25) is 0 Å². The van der Waals surface area contributed by atoms with Gasteiger partial charge in [-0.2, -0.15) is 0 Å². The fourth-order valence-electron chi connectivity index (χ4n) is 7.29. The summed E-state index contributed by atoms with van der Waals surface area (Å²) in [6.07, 6.45) is 23.0. The van der Waals surface area contributed by atoms with Crippen molar-refractivity contribution in [2.45, 2.75) is 167 Å². The summed E-state index contributed by atoms with van der Waals surface area (Å²) in [6.45, 7) is 12.6. The Balaban J connectivity index is 0.000000243. The van der Waals surface area contributed by atoms with Gasteiger partial charge in [0.05, 0.1) is 11.1 Å². The number of imide groups is 1. The average molecular weight is 823 g/mol. The molecular formula is C46H74N6O7. The van der Waals surface area contributed by atoms with Crippen molar-refractivity contribution in [1.29, 1.82) is 0 Å². The molecule has 0 bridgehead atoms. The first-order valence-corrected chi connectivity index (χ1v) is 22.3. The van der Waals surface area contributed by atoms with Gasteiger partial charge in [0, 0.05) is 37.0 Å². The molecule has 2 saturated carbocycles. The molecule has 0 radical (unpaired) electrons. The Kier molecular flexibility index (Phi) is 21.5. The number of rotatable bonds is 17. The van der Waals surface area contributed by atoms with Crippen LogP contribution >= 0.6 is 0 Å². The van der Waals surface area contributed by atoms with Gasteiger partial charge in [-0.15, -0.1) is 6.58 Å². The topological polar surface area (TPSA) is 187 Å². The largest absolute Gasteiger partial charge is 0.489 e. The van der Waals surface area contributed by atoms with Gasteiger partial charge < -0.3 is 35.7 Å². The van der Waals surface area contributed by atoms with Crippen LogP contribution in [0.4, 0.5) is 9.59 Å². The number of urea groups is 1. The van der Waals surface area contributed by atoms with Gasteiger partial charge in [0.15, 0.2) is 0 Å². The van der Waals surface area contributed by atoms with E-state index in [0.717, 1.165) is 91.1 Å². The molecule has 2 aliphatic carbocycles. The van der Waals surface area contributed by atoms with E-state index in [-0.39, 0.29) is 23.1 Å². The number of piperidine rings is 1. The summed E-state index contributed by atoms with van der Waals surface area (Å²) in [7, 11) is 2.16. The zero-order valence-electron chi connectivity index (χ0n) is 36.5. The second-order valence-electron chi connectivity index (χ2n) is 17.0. The van der Waals surface area contributed by atoms with Crippen LogP contribution in [0, 0.1) is 5.92 Å². The van der Waals surface area contributed by atoms with Gasteiger partial charge in [0.25, 0.3) is 5.56 Å². The van der Waals surface area contributed by atoms with Crippen molar-refractivity contribution >= 4 is 34.8 Å². The number of pyridine rings is 1. The van der Waals surface area contributed by atoms with Crippen LogP contribution in [0.15, 0.2) is 41.7 Å². The number of carboxylic acid groups (broad SMARTS) is 1. The van der Waals surface area contributed by atoms with E-state index < -0.39 is 24.1 Å². The summed E-state index contributed by atoms with van der Waals surface area (Å²) in [6, 6.07) is 6.56. The summed E-state index contributed by atoms with van der Waals surface area (Å²) in [5.41, 5.74) is 6.94. The van der Waals surface area contributed by atoms with E-state index in [1.807, 2.05) is 18.2 Å². The number of ether oxygens (including phenoxy) is 1. The standard InChI is InChI=1S/C23H32N2O2.C9H15NO.C7H11N3O4.C7H16/c1-25-15-13-18(14-16-25)27-22-19-8-5-6-10-21(19)24-23(26)20(22)9-4-2-3-7-17-11-12-17;1-3-4-5-8(11)10-9(2)6-7-9;8-5(11)4-2-1-3-10(4)6(12)9-7(13)14;1-3-5-7-6-4-2/h5-6,8,10,17-18H,2-4,7,9,11-16H2,1H3,(H,24,26);3H,1,4-7H2,2H3,(H,10,11);4H,1-3H2,(H2,8,11)(H,9,12)(H,13,14);3-7H2,1-2H3. The van der Waals surface area contributed by atoms with E-state index >= 15 is 0 Å². The molecule has 3 heterocycles. The quantitative estimate of drug-likeness (QED) is 0.0777. The van der Waals surface area contributed by atoms with Crippen LogP contribution in [-0.2, 0) is 16.0 Å². The number of amides is 5. The molecule has 0 spiro atoms. The highest BCUT2D eigenvalue weighted by atomic mass is 16.5. The second-order valence-corrected chi connectivity index (χ2v) is 17.0. The smallest absolute Gasteiger partial charge is 0.412 e. The van der Waals surface area contributed by atoms with Gasteiger partial charge in [-0.3, -0.25) is 14.4 Å². The maximum absolute atomic E-state index is 12.8. The van der Waals surface area contributed by atoms with Crippen molar-refractivity contribution in [3.63, 3.8) is 0 Å². The van der Waals surface area contributed by atoms with Crippen LogP contribution in [0.3, 0.4) is 0 Å². The fraction of sp³-hybridized carbons (Fsp3) is 0.674. The third kappa shape index (κ3) is 18.6. The molecule has 1 aromatic carbocycles. The maximum Gasteiger partial charge on any atom is 0.412 e. The normalized spacial score (nSPS) is 18.2. The predicted molar refractivity (Wildman–Crippen MR) is 236 cm³/mol. The van der Waals surface area contributed by atoms with E-state index in [2.05, 4.69) is 55.7 Å². The zero-order valence-corrected chi connectivity index (χ0v) is 36.5. The molecule has 330 valence electrons. The number of hydrogen-bond acceptors (Lipinski definition) is 7. The minimum Gasteiger partial charge on any atom is -0.489 e. The highest BCUT2D eigenvalue weighted by molar-refractivity contribution is 5.93.